The van der Waals surface area contributed by atoms with Gasteiger partial charge in [-0.2, -0.15) is 0 Å². The molecule has 0 aliphatic carbocycles. The van der Waals surface area contributed by atoms with Gasteiger partial charge >= 0.3 is 5.97 Å². The second-order valence-corrected chi connectivity index (χ2v) is 9.76. The molecule has 244 valence electrons. The molecule has 1 aromatic rings. The molecule has 1 rings (SSSR count). The highest BCUT2D eigenvalue weighted by Crippen LogP contribution is 2.11. The normalized spacial score (nSPS) is 11.2. The summed E-state index contributed by atoms with van der Waals surface area (Å²) in [4.78, 5) is 12.1. The Balaban J connectivity index is 1.74. The number of hydrogen-bond donors (Lipinski definition) is 1. The van der Waals surface area contributed by atoms with Crippen molar-refractivity contribution >= 4 is 23.3 Å². The van der Waals surface area contributed by atoms with E-state index in [2.05, 4.69) is 12.2 Å². The van der Waals surface area contributed by atoms with Crippen molar-refractivity contribution in [2.45, 2.75) is 45.4 Å². The van der Waals surface area contributed by atoms with E-state index in [-0.39, 0.29) is 12.6 Å². The molecule has 0 saturated heterocycles. The minimum absolute atomic E-state index is 0.198. The van der Waals surface area contributed by atoms with E-state index in [0.29, 0.717) is 91.5 Å². The number of unbranched alkanes of at least 4 members (excludes halogenated alkanes) is 4. The summed E-state index contributed by atoms with van der Waals surface area (Å²) < 4.78 is 43.6. The quantitative estimate of drug-likeness (QED) is 0.0675. The number of esters is 1. The van der Waals surface area contributed by atoms with E-state index in [1.165, 1.54) is 12.8 Å². The molecule has 0 aliphatic rings. The summed E-state index contributed by atoms with van der Waals surface area (Å²) in [5.74, 6) is 0.386. The fourth-order valence-electron chi connectivity index (χ4n) is 3.48. The van der Waals surface area contributed by atoms with Gasteiger partial charge < -0.3 is 43.2 Å². The van der Waals surface area contributed by atoms with Gasteiger partial charge in [-0.1, -0.05) is 26.2 Å². The molecular weight excluding hydrogens is 566 g/mol. The highest BCUT2D eigenvalue weighted by atomic mass is 35.5. The lowest BCUT2D eigenvalue weighted by molar-refractivity contribution is -0.0223. The molecule has 0 spiro atoms. The van der Waals surface area contributed by atoms with Crippen LogP contribution >= 0.6 is 11.6 Å². The second kappa shape index (κ2) is 30.9. The van der Waals surface area contributed by atoms with Gasteiger partial charge in [0.05, 0.1) is 91.5 Å². The molecule has 0 radical (unpaired) electrons. The molecule has 0 aliphatic heterocycles. The first-order valence-electron chi connectivity index (χ1n) is 15.4. The number of rotatable bonds is 32. The van der Waals surface area contributed by atoms with Crippen molar-refractivity contribution in [1.82, 2.24) is 0 Å². The number of benzene rings is 1. The molecule has 0 saturated carbocycles. The van der Waals surface area contributed by atoms with Gasteiger partial charge in [0.2, 0.25) is 0 Å². The fourth-order valence-corrected chi connectivity index (χ4v) is 3.67. The van der Waals surface area contributed by atoms with Crippen LogP contribution in [0, 0.1) is 0 Å². The van der Waals surface area contributed by atoms with Crippen molar-refractivity contribution in [1.29, 1.82) is 0 Å². The van der Waals surface area contributed by atoms with Crippen LogP contribution in [0.1, 0.15) is 55.8 Å². The van der Waals surface area contributed by atoms with Crippen LogP contribution in [0.2, 0.25) is 0 Å². The molecule has 1 aromatic carbocycles. The van der Waals surface area contributed by atoms with Gasteiger partial charge in [0.25, 0.3) is 0 Å². The van der Waals surface area contributed by atoms with Crippen molar-refractivity contribution < 1.29 is 42.7 Å². The fraction of sp³-hybridized carbons (Fsp3) is 0.774. The molecule has 0 bridgehead atoms. The summed E-state index contributed by atoms with van der Waals surface area (Å²) in [5, 5.41) is 3.32. The van der Waals surface area contributed by atoms with Gasteiger partial charge in [-0.15, -0.1) is 11.6 Å². The van der Waals surface area contributed by atoms with Crippen LogP contribution in [-0.2, 0) is 37.9 Å². The van der Waals surface area contributed by atoms with E-state index in [1.807, 2.05) is 12.1 Å². The molecule has 0 atom stereocenters. The lowest BCUT2D eigenvalue weighted by Crippen LogP contribution is -2.15. The molecule has 1 N–H and O–H groups in total. The maximum atomic E-state index is 12.1. The zero-order valence-electron chi connectivity index (χ0n) is 25.6. The van der Waals surface area contributed by atoms with Gasteiger partial charge in [-0.25, -0.2) is 4.79 Å². The summed E-state index contributed by atoms with van der Waals surface area (Å²) in [6, 6.07) is 7.30. The Labute approximate surface area is 257 Å². The van der Waals surface area contributed by atoms with Gasteiger partial charge in [-0.05, 0) is 43.5 Å². The number of anilines is 1. The molecule has 0 aromatic heterocycles. The minimum atomic E-state index is -0.355. The average Bonchev–Trinajstić information content (AvgIpc) is 3.01. The van der Waals surface area contributed by atoms with Crippen LogP contribution in [0.25, 0.3) is 0 Å². The van der Waals surface area contributed by atoms with E-state index in [0.717, 1.165) is 50.4 Å². The summed E-state index contributed by atoms with van der Waals surface area (Å²) in [6.07, 6.45) is 6.74. The zero-order chi connectivity index (χ0) is 30.2. The predicted octanol–water partition coefficient (Wildman–Crippen LogP) is 4.97. The summed E-state index contributed by atoms with van der Waals surface area (Å²) in [7, 11) is 0. The predicted molar refractivity (Wildman–Crippen MR) is 165 cm³/mol. The van der Waals surface area contributed by atoms with Crippen LogP contribution in [-0.4, -0.2) is 117 Å². The first kappa shape index (κ1) is 38.5. The first-order chi connectivity index (χ1) is 20.8. The Hall–Kier alpha value is -1.50. The number of nitrogens with one attached hydrogen (secondary N) is 1. The second-order valence-electron chi connectivity index (χ2n) is 9.38. The summed E-state index contributed by atoms with van der Waals surface area (Å²) in [6.45, 7) is 10.5. The Morgan fingerprint density at radius 1 is 0.571 bits per heavy atom. The van der Waals surface area contributed by atoms with Crippen molar-refractivity contribution in [2.75, 3.05) is 117 Å². The first-order valence-corrected chi connectivity index (χ1v) is 15.9. The number of ether oxygens (including phenoxy) is 8. The number of hydrogen-bond acceptors (Lipinski definition) is 10. The highest BCUT2D eigenvalue weighted by Gasteiger charge is 2.06. The SMILES string of the molecule is CCCCNc1ccc(C(=O)OCCOCCOCCOCCOCCOCCOCCOCCCCCCCl)cc1. The largest absolute Gasteiger partial charge is 0.460 e. The standard InChI is InChI=1S/C31H54ClNO9/c1-2-3-13-33-30-10-8-29(9-11-30)31(34)42-28-27-41-26-25-40-24-23-39-22-21-38-20-19-37-18-17-36-16-15-35-14-7-5-4-6-12-32/h8-11,33H,2-7,12-28H2,1H3. The van der Waals surface area contributed by atoms with E-state index in [4.69, 9.17) is 49.5 Å². The molecule has 11 heteroatoms. The van der Waals surface area contributed by atoms with Crippen LogP contribution in [0.4, 0.5) is 5.69 Å². The molecule has 42 heavy (non-hydrogen) atoms. The molecule has 0 unspecified atom stereocenters. The van der Waals surface area contributed by atoms with Gasteiger partial charge in [0.1, 0.15) is 6.61 Å². The maximum Gasteiger partial charge on any atom is 0.338 e. The number of carbonyl (C=O) groups is 1. The number of halogens is 1. The lowest BCUT2D eigenvalue weighted by atomic mass is 10.2. The average molecular weight is 620 g/mol. The monoisotopic (exact) mass is 619 g/mol. The Kier molecular flexibility index (Phi) is 28.4. The zero-order valence-corrected chi connectivity index (χ0v) is 26.4. The van der Waals surface area contributed by atoms with Gasteiger partial charge in [0.15, 0.2) is 0 Å². The third-order valence-corrected chi connectivity index (χ3v) is 6.11. The van der Waals surface area contributed by atoms with Crippen molar-refractivity contribution in [2.24, 2.45) is 0 Å². The maximum absolute atomic E-state index is 12.1. The van der Waals surface area contributed by atoms with E-state index >= 15 is 0 Å². The summed E-state index contributed by atoms with van der Waals surface area (Å²) >= 11 is 5.65. The van der Waals surface area contributed by atoms with Crippen molar-refractivity contribution in [3.63, 3.8) is 0 Å². The number of carbonyl (C=O) groups excluding carboxylic acids is 1. The smallest absolute Gasteiger partial charge is 0.338 e. The van der Waals surface area contributed by atoms with Gasteiger partial charge in [-0.3, -0.25) is 0 Å². The number of alkyl halides is 1. The van der Waals surface area contributed by atoms with Crippen molar-refractivity contribution in [3.8, 4) is 0 Å². The Bertz CT molecular complexity index is 712. The Morgan fingerprint density at radius 2 is 1.00 bits per heavy atom. The van der Waals surface area contributed by atoms with E-state index in [9.17, 15) is 4.79 Å². The van der Waals surface area contributed by atoms with E-state index < -0.39 is 0 Å². The molecule has 0 amide bonds. The molecule has 10 nitrogen and oxygen atoms in total. The molecule has 0 fully saturated rings. The van der Waals surface area contributed by atoms with Crippen LogP contribution < -0.4 is 5.32 Å². The van der Waals surface area contributed by atoms with Crippen molar-refractivity contribution in [3.05, 3.63) is 29.8 Å². The highest BCUT2D eigenvalue weighted by molar-refractivity contribution is 6.17. The third-order valence-electron chi connectivity index (χ3n) is 5.85. The molecule has 0 heterocycles. The van der Waals surface area contributed by atoms with Crippen LogP contribution in [0.5, 0.6) is 0 Å². The van der Waals surface area contributed by atoms with Crippen LogP contribution in [0.15, 0.2) is 24.3 Å². The van der Waals surface area contributed by atoms with Crippen LogP contribution in [0.3, 0.4) is 0 Å². The lowest BCUT2D eigenvalue weighted by Gasteiger charge is -2.09. The minimum Gasteiger partial charge on any atom is -0.460 e. The van der Waals surface area contributed by atoms with E-state index in [1.54, 1.807) is 12.1 Å². The third kappa shape index (κ3) is 25.0. The summed E-state index contributed by atoms with van der Waals surface area (Å²) in [5.41, 5.74) is 1.52. The van der Waals surface area contributed by atoms with Gasteiger partial charge in [0, 0.05) is 24.7 Å². The topological polar surface area (TPSA) is 103 Å². The Morgan fingerprint density at radius 3 is 1.45 bits per heavy atom. The molecular formula is C31H54ClNO9.